The van der Waals surface area contributed by atoms with Crippen LogP contribution < -0.4 is 14.2 Å². The lowest BCUT2D eigenvalue weighted by Gasteiger charge is -2.30. The largest absolute Gasteiger partial charge is 0.497 e. The summed E-state index contributed by atoms with van der Waals surface area (Å²) in [4.78, 5) is 15.3. The second-order valence-corrected chi connectivity index (χ2v) is 8.41. The number of fused-ring (bicyclic) bond motifs is 3. The van der Waals surface area contributed by atoms with Crippen LogP contribution in [0.3, 0.4) is 0 Å². The molecule has 3 aromatic carbocycles. The highest BCUT2D eigenvalue weighted by molar-refractivity contribution is 6.30. The number of ether oxygens (including phenoxy) is 3. The van der Waals surface area contributed by atoms with Crippen LogP contribution in [0.4, 0.5) is 0 Å². The van der Waals surface area contributed by atoms with Gasteiger partial charge in [-0.25, -0.2) is 0 Å². The van der Waals surface area contributed by atoms with Crippen molar-refractivity contribution in [2.75, 3.05) is 13.8 Å². The molecule has 6 heteroatoms. The van der Waals surface area contributed by atoms with Crippen LogP contribution in [0.2, 0.25) is 5.02 Å². The van der Waals surface area contributed by atoms with Gasteiger partial charge in [-0.15, -0.1) is 0 Å². The molecule has 32 heavy (non-hydrogen) atoms. The topological polar surface area (TPSA) is 48.0 Å². The Hall–Kier alpha value is -3.28. The van der Waals surface area contributed by atoms with Crippen LogP contribution in [0.5, 0.6) is 17.2 Å². The monoisotopic (exact) mass is 447 g/mol. The highest BCUT2D eigenvalue weighted by Crippen LogP contribution is 2.44. The quantitative estimate of drug-likeness (QED) is 0.485. The molecule has 2 aliphatic rings. The number of Topliss-reactive ketones (excluding diaryl/α,β-unsaturated/α-hetero) is 1. The van der Waals surface area contributed by atoms with Crippen molar-refractivity contribution >= 4 is 23.5 Å². The van der Waals surface area contributed by atoms with Gasteiger partial charge in [-0.3, -0.25) is 9.69 Å². The smallest absolute Gasteiger partial charge is 0.232 e. The van der Waals surface area contributed by atoms with Crippen molar-refractivity contribution < 1.29 is 19.0 Å². The highest BCUT2D eigenvalue weighted by Gasteiger charge is 2.35. The Morgan fingerprint density at radius 3 is 2.59 bits per heavy atom. The summed E-state index contributed by atoms with van der Waals surface area (Å²) in [7, 11) is 1.66. The number of aryl methyl sites for hydroxylation is 1. The molecule has 0 spiro atoms. The average Bonchev–Trinajstić information content (AvgIpc) is 3.13. The molecule has 5 rings (SSSR count). The van der Waals surface area contributed by atoms with Gasteiger partial charge in [0.1, 0.15) is 24.0 Å². The highest BCUT2D eigenvalue weighted by atomic mass is 35.5. The van der Waals surface area contributed by atoms with Gasteiger partial charge in [-0.1, -0.05) is 35.9 Å². The van der Waals surface area contributed by atoms with Crippen LogP contribution in [-0.4, -0.2) is 24.5 Å². The molecule has 0 aliphatic carbocycles. The fourth-order valence-corrected chi connectivity index (χ4v) is 4.20. The van der Waals surface area contributed by atoms with E-state index in [0.29, 0.717) is 41.9 Å². The van der Waals surface area contributed by atoms with Crippen molar-refractivity contribution in [1.29, 1.82) is 0 Å². The number of benzene rings is 3. The minimum Gasteiger partial charge on any atom is -0.497 e. The van der Waals surface area contributed by atoms with E-state index in [-0.39, 0.29) is 5.78 Å². The van der Waals surface area contributed by atoms with Gasteiger partial charge < -0.3 is 14.2 Å². The molecule has 0 aromatic heterocycles. The molecule has 0 radical (unpaired) electrons. The van der Waals surface area contributed by atoms with E-state index in [1.54, 1.807) is 25.3 Å². The molecule has 0 N–H and O–H groups in total. The Morgan fingerprint density at radius 1 is 1.12 bits per heavy atom. The van der Waals surface area contributed by atoms with E-state index in [0.717, 1.165) is 33.8 Å². The van der Waals surface area contributed by atoms with E-state index in [9.17, 15) is 4.79 Å². The summed E-state index contributed by atoms with van der Waals surface area (Å²) in [5, 5.41) is 0.646. The van der Waals surface area contributed by atoms with Gasteiger partial charge in [-0.2, -0.15) is 0 Å². The molecule has 3 aromatic rings. The van der Waals surface area contributed by atoms with Crippen LogP contribution in [0.15, 0.2) is 60.4 Å². The molecule has 0 amide bonds. The second kappa shape index (κ2) is 8.34. The number of hydrogen-bond donors (Lipinski definition) is 0. The van der Waals surface area contributed by atoms with Crippen molar-refractivity contribution in [2.24, 2.45) is 0 Å². The summed E-state index contributed by atoms with van der Waals surface area (Å²) in [6.07, 6.45) is 1.75. The Kier molecular flexibility index (Phi) is 5.37. The van der Waals surface area contributed by atoms with Crippen molar-refractivity contribution in [2.45, 2.75) is 20.0 Å². The van der Waals surface area contributed by atoms with Gasteiger partial charge in [0.2, 0.25) is 5.78 Å². The molecular formula is C26H22ClNO4. The lowest BCUT2D eigenvalue weighted by Crippen LogP contribution is -2.31. The molecule has 0 bridgehead atoms. The van der Waals surface area contributed by atoms with Gasteiger partial charge in [0, 0.05) is 18.1 Å². The first-order chi connectivity index (χ1) is 15.5. The van der Waals surface area contributed by atoms with E-state index >= 15 is 0 Å². The zero-order valence-electron chi connectivity index (χ0n) is 17.9. The van der Waals surface area contributed by atoms with E-state index in [1.165, 1.54) is 0 Å². The van der Waals surface area contributed by atoms with Crippen molar-refractivity contribution in [3.05, 3.63) is 93.2 Å². The third-order valence-corrected chi connectivity index (χ3v) is 5.97. The van der Waals surface area contributed by atoms with Crippen LogP contribution >= 0.6 is 11.6 Å². The molecule has 162 valence electrons. The zero-order valence-corrected chi connectivity index (χ0v) is 18.6. The molecule has 0 fully saturated rings. The number of carbonyl (C=O) groups excluding carboxylic acids is 1. The number of halogens is 1. The SMILES string of the molecule is COc1ccc(CN2COc3cc(C)c4c(c3C2)O/C(=C\c2ccc(Cl)cc2)C4=O)cc1. The van der Waals surface area contributed by atoms with Gasteiger partial charge in [0.15, 0.2) is 5.76 Å². The number of methoxy groups -OCH3 is 1. The van der Waals surface area contributed by atoms with E-state index in [2.05, 4.69) is 4.90 Å². The number of rotatable bonds is 4. The van der Waals surface area contributed by atoms with Crippen molar-refractivity contribution in [3.8, 4) is 17.2 Å². The zero-order chi connectivity index (χ0) is 22.2. The molecule has 0 saturated heterocycles. The number of nitrogens with zero attached hydrogens (tertiary/aromatic N) is 1. The number of allylic oxidation sites excluding steroid dienone is 1. The third-order valence-electron chi connectivity index (χ3n) is 5.72. The van der Waals surface area contributed by atoms with Crippen molar-refractivity contribution in [1.82, 2.24) is 4.90 Å². The summed E-state index contributed by atoms with van der Waals surface area (Å²) in [5.74, 6) is 2.40. The second-order valence-electron chi connectivity index (χ2n) is 7.97. The summed E-state index contributed by atoms with van der Waals surface area (Å²) in [6.45, 7) is 3.73. The summed E-state index contributed by atoms with van der Waals surface area (Å²) < 4.78 is 17.4. The fourth-order valence-electron chi connectivity index (χ4n) is 4.08. The summed E-state index contributed by atoms with van der Waals surface area (Å²) in [5.41, 5.74) is 4.38. The van der Waals surface area contributed by atoms with E-state index in [4.69, 9.17) is 25.8 Å². The van der Waals surface area contributed by atoms with Crippen LogP contribution in [0, 0.1) is 6.92 Å². The Bertz CT molecular complexity index is 1220. The molecule has 5 nitrogen and oxygen atoms in total. The Morgan fingerprint density at radius 2 is 1.88 bits per heavy atom. The summed E-state index contributed by atoms with van der Waals surface area (Å²) in [6, 6.07) is 17.2. The first-order valence-corrected chi connectivity index (χ1v) is 10.7. The van der Waals surface area contributed by atoms with Crippen LogP contribution in [-0.2, 0) is 13.1 Å². The van der Waals surface area contributed by atoms with E-state index in [1.807, 2.05) is 49.4 Å². The Balaban J connectivity index is 1.43. The van der Waals surface area contributed by atoms with Crippen LogP contribution in [0.25, 0.3) is 6.08 Å². The Labute approximate surface area is 191 Å². The lowest BCUT2D eigenvalue weighted by molar-refractivity contribution is 0.0872. The lowest BCUT2D eigenvalue weighted by atomic mass is 9.98. The minimum absolute atomic E-state index is 0.109. The standard InChI is InChI=1S/C26H22ClNO4/c1-16-11-22-21(14-28(15-31-22)13-18-5-9-20(30-2)10-6-18)26-24(16)25(29)23(32-26)12-17-3-7-19(27)8-4-17/h3-12H,13-15H2,1-2H3/b23-12-. The molecule has 0 saturated carbocycles. The average molecular weight is 448 g/mol. The maximum absolute atomic E-state index is 13.1. The van der Waals surface area contributed by atoms with Gasteiger partial charge in [0.25, 0.3) is 0 Å². The van der Waals surface area contributed by atoms with Gasteiger partial charge >= 0.3 is 0 Å². The summed E-state index contributed by atoms with van der Waals surface area (Å²) >= 11 is 5.97. The maximum atomic E-state index is 13.1. The van der Waals surface area contributed by atoms with Crippen molar-refractivity contribution in [3.63, 3.8) is 0 Å². The molecule has 0 atom stereocenters. The first-order valence-electron chi connectivity index (χ1n) is 10.4. The molecular weight excluding hydrogens is 426 g/mol. The van der Waals surface area contributed by atoms with Gasteiger partial charge in [0.05, 0.1) is 18.2 Å². The van der Waals surface area contributed by atoms with Gasteiger partial charge in [-0.05, 0) is 60.0 Å². The molecule has 2 heterocycles. The number of carbonyl (C=O) groups is 1. The maximum Gasteiger partial charge on any atom is 0.232 e. The predicted octanol–water partition coefficient (Wildman–Crippen LogP) is 5.63. The normalized spacial score (nSPS) is 16.3. The minimum atomic E-state index is -0.109. The van der Waals surface area contributed by atoms with E-state index < -0.39 is 0 Å². The molecule has 2 aliphatic heterocycles. The van der Waals surface area contributed by atoms with Crippen LogP contribution in [0.1, 0.15) is 32.6 Å². The third kappa shape index (κ3) is 3.85. The number of ketones is 1. The number of hydrogen-bond acceptors (Lipinski definition) is 5. The first kappa shape index (κ1) is 20.6. The molecule has 0 unspecified atom stereocenters. The predicted molar refractivity (Wildman–Crippen MR) is 123 cm³/mol. The fraction of sp³-hybridized carbons (Fsp3) is 0.192.